The number of para-hydroxylation sites is 1. The fourth-order valence-electron chi connectivity index (χ4n) is 4.47. The van der Waals surface area contributed by atoms with E-state index in [1.165, 1.54) is 50.9 Å². The van der Waals surface area contributed by atoms with Crippen molar-refractivity contribution in [2.75, 3.05) is 32.8 Å². The number of allylic oxidation sites excluding steroid dienone is 1. The van der Waals surface area contributed by atoms with Crippen LogP contribution in [-0.2, 0) is 0 Å². The molecular formula is C25H29N5. The average Bonchev–Trinajstić information content (AvgIpc) is 3.24. The second kappa shape index (κ2) is 8.84. The molecule has 2 aliphatic heterocycles. The van der Waals surface area contributed by atoms with Crippen LogP contribution in [0.25, 0.3) is 22.3 Å². The van der Waals surface area contributed by atoms with Crippen LogP contribution in [-0.4, -0.2) is 58.4 Å². The topological polar surface area (TPSA) is 36.7 Å². The van der Waals surface area contributed by atoms with Crippen LogP contribution < -0.4 is 0 Å². The van der Waals surface area contributed by atoms with Crippen molar-refractivity contribution in [1.82, 2.24) is 19.4 Å². The lowest BCUT2D eigenvalue weighted by Crippen LogP contribution is -2.32. The van der Waals surface area contributed by atoms with E-state index in [1.807, 2.05) is 18.6 Å². The molecule has 5 nitrogen and oxygen atoms in total. The van der Waals surface area contributed by atoms with E-state index in [0.717, 1.165) is 35.5 Å². The number of piperidine rings is 1. The standard InChI is InChI=1S/C25H29N5/c1-3-8-23(9-4-1)30-20-27-24-16-21(10-11-25(24)30)22-17-26-19-29(18-22)15-7-14-28-12-5-2-6-13-28/h1,3-4,8-11,16-18,20H,2,5-7,12-15,19H2. The summed E-state index contributed by atoms with van der Waals surface area (Å²) in [6.45, 7) is 5.56. The first-order chi connectivity index (χ1) is 14.9. The maximum Gasteiger partial charge on any atom is 0.109 e. The summed E-state index contributed by atoms with van der Waals surface area (Å²) >= 11 is 0. The maximum absolute atomic E-state index is 4.64. The van der Waals surface area contributed by atoms with Crippen molar-refractivity contribution in [3.05, 3.63) is 66.6 Å². The third-order valence-electron chi connectivity index (χ3n) is 6.10. The fraction of sp³-hybridized carbons (Fsp3) is 0.360. The molecule has 0 N–H and O–H groups in total. The molecule has 154 valence electrons. The number of benzene rings is 2. The van der Waals surface area contributed by atoms with E-state index < -0.39 is 0 Å². The van der Waals surface area contributed by atoms with Gasteiger partial charge in [-0.05, 0) is 68.7 Å². The Bertz CT molecular complexity index is 1040. The summed E-state index contributed by atoms with van der Waals surface area (Å²) in [5, 5.41) is 0. The number of aromatic nitrogens is 2. The van der Waals surface area contributed by atoms with Crippen molar-refractivity contribution in [2.45, 2.75) is 25.7 Å². The number of imidazole rings is 1. The lowest BCUT2D eigenvalue weighted by Gasteiger charge is -2.28. The van der Waals surface area contributed by atoms with Crippen molar-refractivity contribution in [2.24, 2.45) is 4.99 Å². The first-order valence-electron chi connectivity index (χ1n) is 11.1. The summed E-state index contributed by atoms with van der Waals surface area (Å²) < 4.78 is 2.13. The average molecular weight is 400 g/mol. The van der Waals surface area contributed by atoms with Gasteiger partial charge in [-0.3, -0.25) is 9.56 Å². The van der Waals surface area contributed by atoms with Gasteiger partial charge in [0.2, 0.25) is 0 Å². The Morgan fingerprint density at radius 1 is 0.900 bits per heavy atom. The van der Waals surface area contributed by atoms with Crippen LogP contribution in [0, 0.1) is 0 Å². The van der Waals surface area contributed by atoms with Crippen molar-refractivity contribution in [3.63, 3.8) is 0 Å². The highest BCUT2D eigenvalue weighted by molar-refractivity contribution is 6.10. The molecular weight excluding hydrogens is 370 g/mol. The molecule has 5 rings (SSSR count). The Kier molecular flexibility index (Phi) is 5.62. The maximum atomic E-state index is 4.64. The lowest BCUT2D eigenvalue weighted by molar-refractivity contribution is 0.216. The summed E-state index contributed by atoms with van der Waals surface area (Å²) in [6, 6.07) is 16.9. The number of hydrogen-bond acceptors (Lipinski definition) is 4. The van der Waals surface area contributed by atoms with Crippen molar-refractivity contribution in [3.8, 4) is 5.69 Å². The monoisotopic (exact) mass is 399 g/mol. The van der Waals surface area contributed by atoms with Crippen LogP contribution in [0.1, 0.15) is 31.2 Å². The second-order valence-electron chi connectivity index (χ2n) is 8.26. The minimum Gasteiger partial charge on any atom is -0.358 e. The number of aliphatic imine (C=N–C) groups is 1. The van der Waals surface area contributed by atoms with Gasteiger partial charge in [0.15, 0.2) is 0 Å². The van der Waals surface area contributed by atoms with Gasteiger partial charge in [0.05, 0.1) is 11.0 Å². The van der Waals surface area contributed by atoms with E-state index >= 15 is 0 Å². The van der Waals surface area contributed by atoms with Crippen LogP contribution in [0.5, 0.6) is 0 Å². The van der Waals surface area contributed by atoms with Gasteiger partial charge in [-0.2, -0.15) is 0 Å². The van der Waals surface area contributed by atoms with Gasteiger partial charge >= 0.3 is 0 Å². The smallest absolute Gasteiger partial charge is 0.109 e. The zero-order chi connectivity index (χ0) is 20.2. The fourth-order valence-corrected chi connectivity index (χ4v) is 4.47. The van der Waals surface area contributed by atoms with Gasteiger partial charge in [0.25, 0.3) is 0 Å². The number of likely N-dealkylation sites (tertiary alicyclic amines) is 1. The van der Waals surface area contributed by atoms with Crippen LogP contribution in [0.15, 0.2) is 66.1 Å². The summed E-state index contributed by atoms with van der Waals surface area (Å²) in [4.78, 5) is 14.2. The van der Waals surface area contributed by atoms with Crippen molar-refractivity contribution < 1.29 is 0 Å². The molecule has 0 aliphatic carbocycles. The molecule has 0 bridgehead atoms. The molecule has 0 spiro atoms. The van der Waals surface area contributed by atoms with Crippen LogP contribution in [0.2, 0.25) is 0 Å². The molecule has 30 heavy (non-hydrogen) atoms. The zero-order valence-corrected chi connectivity index (χ0v) is 17.5. The summed E-state index contributed by atoms with van der Waals surface area (Å²) in [6.07, 6.45) is 11.5. The quantitative estimate of drug-likeness (QED) is 0.608. The summed E-state index contributed by atoms with van der Waals surface area (Å²) in [7, 11) is 0. The Labute approximate surface area is 178 Å². The highest BCUT2D eigenvalue weighted by Crippen LogP contribution is 2.24. The molecule has 1 aromatic heterocycles. The SMILES string of the molecule is C1=NCN(CCCN2CCCCC2)C=C1c1ccc2c(c1)ncn2-c1ccccc1. The Morgan fingerprint density at radius 2 is 1.77 bits per heavy atom. The van der Waals surface area contributed by atoms with Gasteiger partial charge in [0, 0.05) is 30.2 Å². The molecule has 0 radical (unpaired) electrons. The number of nitrogens with zero attached hydrogens (tertiary/aromatic N) is 5. The third kappa shape index (κ3) is 4.17. The summed E-state index contributed by atoms with van der Waals surface area (Å²) in [5.41, 5.74) is 5.59. The predicted molar refractivity (Wildman–Crippen MR) is 124 cm³/mol. The van der Waals surface area contributed by atoms with Gasteiger partial charge in [-0.15, -0.1) is 0 Å². The zero-order valence-electron chi connectivity index (χ0n) is 17.5. The molecule has 0 saturated carbocycles. The molecule has 3 heterocycles. The number of hydrogen-bond donors (Lipinski definition) is 0. The minimum atomic E-state index is 0.758. The molecule has 0 unspecified atom stereocenters. The van der Waals surface area contributed by atoms with Crippen LogP contribution >= 0.6 is 0 Å². The number of rotatable bonds is 6. The molecule has 2 aliphatic rings. The summed E-state index contributed by atoms with van der Waals surface area (Å²) in [5.74, 6) is 0. The first-order valence-corrected chi connectivity index (χ1v) is 11.1. The molecule has 5 heteroatoms. The van der Waals surface area contributed by atoms with Gasteiger partial charge in [-0.1, -0.05) is 30.7 Å². The van der Waals surface area contributed by atoms with Gasteiger partial charge < -0.3 is 9.80 Å². The second-order valence-corrected chi connectivity index (χ2v) is 8.26. The van der Waals surface area contributed by atoms with E-state index in [0.29, 0.717) is 0 Å². The predicted octanol–water partition coefficient (Wildman–Crippen LogP) is 4.59. The lowest BCUT2D eigenvalue weighted by atomic mass is 10.1. The van der Waals surface area contributed by atoms with Gasteiger partial charge in [-0.25, -0.2) is 4.98 Å². The van der Waals surface area contributed by atoms with Crippen molar-refractivity contribution in [1.29, 1.82) is 0 Å². The van der Waals surface area contributed by atoms with E-state index in [-0.39, 0.29) is 0 Å². The largest absolute Gasteiger partial charge is 0.358 e. The number of fused-ring (bicyclic) bond motifs is 1. The van der Waals surface area contributed by atoms with E-state index in [1.54, 1.807) is 0 Å². The molecule has 0 amide bonds. The van der Waals surface area contributed by atoms with E-state index in [4.69, 9.17) is 0 Å². The third-order valence-corrected chi connectivity index (χ3v) is 6.10. The van der Waals surface area contributed by atoms with Crippen molar-refractivity contribution >= 4 is 22.8 Å². The molecule has 3 aromatic rings. The van der Waals surface area contributed by atoms with Gasteiger partial charge in [0.1, 0.15) is 13.0 Å². The Balaban J connectivity index is 1.28. The molecule has 0 atom stereocenters. The highest BCUT2D eigenvalue weighted by Gasteiger charge is 2.13. The van der Waals surface area contributed by atoms with Crippen LogP contribution in [0.4, 0.5) is 0 Å². The van der Waals surface area contributed by atoms with Crippen LogP contribution in [0.3, 0.4) is 0 Å². The Morgan fingerprint density at radius 3 is 2.63 bits per heavy atom. The highest BCUT2D eigenvalue weighted by atomic mass is 15.2. The Hall–Kier alpha value is -2.92. The van der Waals surface area contributed by atoms with E-state index in [2.05, 4.69) is 73.0 Å². The van der Waals surface area contributed by atoms with E-state index in [9.17, 15) is 0 Å². The molecule has 1 saturated heterocycles. The minimum absolute atomic E-state index is 0.758. The first kappa shape index (κ1) is 19.1. The normalized spacial score (nSPS) is 17.5. The molecule has 2 aromatic carbocycles. The molecule has 1 fully saturated rings.